The molecule has 1 saturated carbocycles. The molecule has 1 amide bonds. The zero-order valence-electron chi connectivity index (χ0n) is 12.8. The van der Waals surface area contributed by atoms with Crippen molar-refractivity contribution in [3.63, 3.8) is 0 Å². The van der Waals surface area contributed by atoms with Crippen LogP contribution in [0.1, 0.15) is 51.6 Å². The fourth-order valence-electron chi connectivity index (χ4n) is 2.15. The molecule has 0 aromatic heterocycles. The first kappa shape index (κ1) is 15.0. The molecule has 2 rings (SSSR count). The van der Waals surface area contributed by atoms with Crippen LogP contribution in [0, 0.1) is 11.8 Å². The number of rotatable bonds is 7. The fourth-order valence-corrected chi connectivity index (χ4v) is 2.15. The summed E-state index contributed by atoms with van der Waals surface area (Å²) in [6.07, 6.45) is 3.28. The van der Waals surface area contributed by atoms with Gasteiger partial charge in [-0.25, -0.2) is 0 Å². The molecular weight excluding hydrogens is 248 g/mol. The Bertz CT molecular complexity index is 435. The van der Waals surface area contributed by atoms with Crippen LogP contribution in [0.4, 0.5) is 5.69 Å². The van der Waals surface area contributed by atoms with Crippen molar-refractivity contribution >= 4 is 11.6 Å². The van der Waals surface area contributed by atoms with Crippen LogP contribution >= 0.6 is 0 Å². The van der Waals surface area contributed by atoms with E-state index in [0.717, 1.165) is 31.0 Å². The van der Waals surface area contributed by atoms with E-state index in [4.69, 9.17) is 0 Å². The predicted molar refractivity (Wildman–Crippen MR) is 83.7 cm³/mol. The highest BCUT2D eigenvalue weighted by Crippen LogP contribution is 2.30. The Labute approximate surface area is 122 Å². The quantitative estimate of drug-likeness (QED) is 0.795. The van der Waals surface area contributed by atoms with Crippen molar-refractivity contribution in [1.29, 1.82) is 0 Å². The third-order valence-corrected chi connectivity index (χ3v) is 3.80. The lowest BCUT2D eigenvalue weighted by molar-refractivity contribution is -0.117. The second-order valence-electron chi connectivity index (χ2n) is 6.24. The van der Waals surface area contributed by atoms with Gasteiger partial charge < -0.3 is 10.6 Å². The zero-order chi connectivity index (χ0) is 14.5. The summed E-state index contributed by atoms with van der Waals surface area (Å²) in [5.74, 6) is 1.15. The first-order chi connectivity index (χ1) is 9.56. The highest BCUT2D eigenvalue weighted by atomic mass is 16.2. The van der Waals surface area contributed by atoms with Crippen LogP contribution in [-0.2, 0) is 4.79 Å². The summed E-state index contributed by atoms with van der Waals surface area (Å²) >= 11 is 0. The van der Waals surface area contributed by atoms with E-state index in [-0.39, 0.29) is 11.8 Å². The standard InChI is InChI=1S/C17H26N2O/c1-12(2)10-11-18-13(3)14-6-8-16(9-7-14)19-17(20)15-4-5-15/h6-9,12-13,15,18H,4-5,10-11H2,1-3H3,(H,19,20). The molecule has 1 unspecified atom stereocenters. The summed E-state index contributed by atoms with van der Waals surface area (Å²) in [5.41, 5.74) is 2.17. The van der Waals surface area contributed by atoms with Crippen LogP contribution in [0.3, 0.4) is 0 Å². The molecule has 0 bridgehead atoms. The van der Waals surface area contributed by atoms with Crippen molar-refractivity contribution in [2.75, 3.05) is 11.9 Å². The van der Waals surface area contributed by atoms with Crippen molar-refractivity contribution in [2.45, 2.75) is 46.1 Å². The van der Waals surface area contributed by atoms with Crippen molar-refractivity contribution in [2.24, 2.45) is 11.8 Å². The van der Waals surface area contributed by atoms with Gasteiger partial charge in [0.05, 0.1) is 0 Å². The van der Waals surface area contributed by atoms with E-state index in [1.165, 1.54) is 12.0 Å². The van der Waals surface area contributed by atoms with Gasteiger partial charge in [0.25, 0.3) is 0 Å². The molecule has 0 heterocycles. The lowest BCUT2D eigenvalue weighted by atomic mass is 10.1. The lowest BCUT2D eigenvalue weighted by Gasteiger charge is -2.15. The van der Waals surface area contributed by atoms with E-state index in [9.17, 15) is 4.79 Å². The van der Waals surface area contributed by atoms with Crippen molar-refractivity contribution < 1.29 is 4.79 Å². The van der Waals surface area contributed by atoms with Crippen LogP contribution in [-0.4, -0.2) is 12.5 Å². The number of nitrogens with one attached hydrogen (secondary N) is 2. The van der Waals surface area contributed by atoms with Gasteiger partial charge in [-0.2, -0.15) is 0 Å². The van der Waals surface area contributed by atoms with Crippen LogP contribution in [0.2, 0.25) is 0 Å². The molecule has 3 heteroatoms. The maximum Gasteiger partial charge on any atom is 0.227 e. The second kappa shape index (κ2) is 6.89. The highest BCUT2D eigenvalue weighted by molar-refractivity contribution is 5.93. The average molecular weight is 274 g/mol. The van der Waals surface area contributed by atoms with E-state index in [1.807, 2.05) is 12.1 Å². The number of carbonyl (C=O) groups is 1. The summed E-state index contributed by atoms with van der Waals surface area (Å²) in [7, 11) is 0. The van der Waals surface area contributed by atoms with Gasteiger partial charge in [-0.05, 0) is 56.3 Å². The highest BCUT2D eigenvalue weighted by Gasteiger charge is 2.29. The van der Waals surface area contributed by atoms with Crippen LogP contribution in [0.25, 0.3) is 0 Å². The van der Waals surface area contributed by atoms with E-state index in [1.54, 1.807) is 0 Å². The zero-order valence-corrected chi connectivity index (χ0v) is 12.8. The number of anilines is 1. The Balaban J connectivity index is 1.82. The largest absolute Gasteiger partial charge is 0.326 e. The maximum atomic E-state index is 11.7. The minimum absolute atomic E-state index is 0.167. The molecule has 0 spiro atoms. The topological polar surface area (TPSA) is 41.1 Å². The van der Waals surface area contributed by atoms with E-state index >= 15 is 0 Å². The van der Waals surface area contributed by atoms with Crippen LogP contribution in [0.15, 0.2) is 24.3 Å². The number of hydrogen-bond acceptors (Lipinski definition) is 2. The maximum absolute atomic E-state index is 11.7. The van der Waals surface area contributed by atoms with Gasteiger partial charge in [0.15, 0.2) is 0 Å². The molecule has 1 aliphatic rings. The van der Waals surface area contributed by atoms with Crippen molar-refractivity contribution in [1.82, 2.24) is 5.32 Å². The molecule has 2 N–H and O–H groups in total. The van der Waals surface area contributed by atoms with Gasteiger partial charge in [0.1, 0.15) is 0 Å². The third-order valence-electron chi connectivity index (χ3n) is 3.80. The predicted octanol–water partition coefficient (Wildman–Crippen LogP) is 3.73. The van der Waals surface area contributed by atoms with E-state index in [0.29, 0.717) is 6.04 Å². The summed E-state index contributed by atoms with van der Waals surface area (Å²) in [6.45, 7) is 7.70. The minimum Gasteiger partial charge on any atom is -0.326 e. The Hall–Kier alpha value is -1.35. The second-order valence-corrected chi connectivity index (χ2v) is 6.24. The van der Waals surface area contributed by atoms with Gasteiger partial charge in [-0.1, -0.05) is 26.0 Å². The average Bonchev–Trinajstić information content (AvgIpc) is 3.23. The molecule has 110 valence electrons. The van der Waals surface area contributed by atoms with Gasteiger partial charge >= 0.3 is 0 Å². The molecule has 1 aliphatic carbocycles. The molecule has 0 saturated heterocycles. The normalized spacial score (nSPS) is 16.2. The smallest absolute Gasteiger partial charge is 0.227 e. The molecule has 1 atom stereocenters. The summed E-state index contributed by atoms with van der Waals surface area (Å²) in [5, 5.41) is 6.50. The van der Waals surface area contributed by atoms with Crippen LogP contribution in [0.5, 0.6) is 0 Å². The number of hydrogen-bond donors (Lipinski definition) is 2. The molecular formula is C17H26N2O. The Morgan fingerprint density at radius 2 is 1.85 bits per heavy atom. The first-order valence-corrected chi connectivity index (χ1v) is 7.70. The summed E-state index contributed by atoms with van der Waals surface area (Å²) in [4.78, 5) is 11.7. The Kier molecular flexibility index (Phi) is 5.18. The first-order valence-electron chi connectivity index (χ1n) is 7.70. The Morgan fingerprint density at radius 1 is 1.20 bits per heavy atom. The van der Waals surface area contributed by atoms with Crippen molar-refractivity contribution in [3.8, 4) is 0 Å². The number of amides is 1. The molecule has 1 fully saturated rings. The van der Waals surface area contributed by atoms with Gasteiger partial charge in [0.2, 0.25) is 5.91 Å². The van der Waals surface area contributed by atoms with Gasteiger partial charge in [0, 0.05) is 17.6 Å². The number of carbonyl (C=O) groups excluding carboxylic acids is 1. The number of benzene rings is 1. The molecule has 3 nitrogen and oxygen atoms in total. The third kappa shape index (κ3) is 4.64. The monoisotopic (exact) mass is 274 g/mol. The summed E-state index contributed by atoms with van der Waals surface area (Å²) in [6, 6.07) is 8.53. The molecule has 1 aromatic carbocycles. The van der Waals surface area contributed by atoms with Gasteiger partial charge in [-0.3, -0.25) is 4.79 Å². The van der Waals surface area contributed by atoms with Crippen LogP contribution < -0.4 is 10.6 Å². The fraction of sp³-hybridized carbons (Fsp3) is 0.588. The Morgan fingerprint density at radius 3 is 2.40 bits per heavy atom. The van der Waals surface area contributed by atoms with E-state index < -0.39 is 0 Å². The summed E-state index contributed by atoms with van der Waals surface area (Å²) < 4.78 is 0. The molecule has 0 aliphatic heterocycles. The SMILES string of the molecule is CC(C)CCNC(C)c1ccc(NC(=O)C2CC2)cc1. The van der Waals surface area contributed by atoms with Crippen molar-refractivity contribution in [3.05, 3.63) is 29.8 Å². The molecule has 1 aromatic rings. The molecule has 20 heavy (non-hydrogen) atoms. The minimum atomic E-state index is 0.167. The lowest BCUT2D eigenvalue weighted by Crippen LogP contribution is -2.21. The molecule has 0 radical (unpaired) electrons. The van der Waals surface area contributed by atoms with Gasteiger partial charge in [-0.15, -0.1) is 0 Å². The van der Waals surface area contributed by atoms with E-state index in [2.05, 4.69) is 43.5 Å².